The Morgan fingerprint density at radius 1 is 0.974 bits per heavy atom. The molecule has 4 heterocycles. The minimum atomic E-state index is 0.0867. The first kappa shape index (κ1) is 24.3. The molecule has 0 bridgehead atoms. The van der Waals surface area contributed by atoms with Crippen molar-refractivity contribution in [3.8, 4) is 11.1 Å². The molecule has 38 heavy (non-hydrogen) atoms. The lowest BCUT2D eigenvalue weighted by atomic mass is 9.92. The molecule has 0 atom stereocenters. The molecule has 5 aromatic rings. The second-order valence-corrected chi connectivity index (χ2v) is 10.3. The molecule has 6 rings (SSSR count). The molecule has 8 heteroatoms. The molecule has 1 N–H and O–H groups in total. The van der Waals surface area contributed by atoms with E-state index in [9.17, 15) is 4.79 Å². The summed E-state index contributed by atoms with van der Waals surface area (Å²) in [5.74, 6) is 1.23. The number of rotatable bonds is 6. The van der Waals surface area contributed by atoms with Crippen molar-refractivity contribution >= 4 is 33.3 Å². The number of amides is 1. The monoisotopic (exact) mass is 566 g/mol. The maximum Gasteiger partial charge on any atom is 0.254 e. The van der Waals surface area contributed by atoms with Gasteiger partial charge in [-0.1, -0.05) is 54.6 Å². The molecular formula is C30H27BrN6O. The maximum absolute atomic E-state index is 13.6. The number of fused-ring (bicyclic) bond motifs is 1. The average Bonchev–Trinajstić information content (AvgIpc) is 3.37. The molecule has 1 saturated heterocycles. The number of hydrogen-bond donors (Lipinski definition) is 1. The van der Waals surface area contributed by atoms with E-state index in [0.29, 0.717) is 19.6 Å². The summed E-state index contributed by atoms with van der Waals surface area (Å²) in [4.78, 5) is 24.7. The molecule has 2 aromatic carbocycles. The first-order valence-corrected chi connectivity index (χ1v) is 13.6. The topological polar surface area (TPSA) is 75.4 Å². The molecule has 0 unspecified atom stereocenters. The second-order valence-electron chi connectivity index (χ2n) is 9.49. The Morgan fingerprint density at radius 3 is 2.55 bits per heavy atom. The third-order valence-corrected chi connectivity index (χ3v) is 7.65. The summed E-state index contributed by atoms with van der Waals surface area (Å²) in [5.41, 5.74) is 5.68. The van der Waals surface area contributed by atoms with Gasteiger partial charge in [-0.3, -0.25) is 9.78 Å². The van der Waals surface area contributed by atoms with Crippen molar-refractivity contribution in [3.05, 3.63) is 113 Å². The van der Waals surface area contributed by atoms with Gasteiger partial charge in [-0.25, -0.2) is 4.98 Å². The van der Waals surface area contributed by atoms with Crippen LogP contribution in [0.2, 0.25) is 0 Å². The molecule has 0 spiro atoms. The van der Waals surface area contributed by atoms with Crippen LogP contribution in [0.15, 0.2) is 95.9 Å². The first-order valence-electron chi connectivity index (χ1n) is 12.8. The first-order chi connectivity index (χ1) is 18.7. The molecule has 0 aliphatic carbocycles. The van der Waals surface area contributed by atoms with E-state index in [1.54, 1.807) is 12.4 Å². The van der Waals surface area contributed by atoms with E-state index >= 15 is 0 Å². The van der Waals surface area contributed by atoms with E-state index in [0.717, 1.165) is 56.7 Å². The molecule has 7 nitrogen and oxygen atoms in total. The smallest absolute Gasteiger partial charge is 0.254 e. The third kappa shape index (κ3) is 4.91. The Kier molecular flexibility index (Phi) is 6.88. The van der Waals surface area contributed by atoms with Crippen molar-refractivity contribution < 1.29 is 4.79 Å². The lowest BCUT2D eigenvalue weighted by molar-refractivity contribution is 0.0713. The number of carbonyl (C=O) groups excluding carboxylic acids is 1. The highest BCUT2D eigenvalue weighted by Crippen LogP contribution is 2.32. The van der Waals surface area contributed by atoms with Crippen LogP contribution in [0.1, 0.15) is 40.4 Å². The number of nitrogens with zero attached hydrogens (tertiary/aromatic N) is 5. The normalized spacial score (nSPS) is 14.1. The van der Waals surface area contributed by atoms with Gasteiger partial charge in [-0.05, 0) is 57.6 Å². The van der Waals surface area contributed by atoms with Gasteiger partial charge in [0.05, 0.1) is 10.7 Å². The molecular weight excluding hydrogens is 540 g/mol. The minimum absolute atomic E-state index is 0.0867. The van der Waals surface area contributed by atoms with Crippen LogP contribution in [0.3, 0.4) is 0 Å². The van der Waals surface area contributed by atoms with Gasteiger partial charge in [-0.15, -0.1) is 0 Å². The van der Waals surface area contributed by atoms with Crippen molar-refractivity contribution in [3.63, 3.8) is 0 Å². The van der Waals surface area contributed by atoms with Gasteiger partial charge < -0.3 is 10.2 Å². The number of hydrogen-bond acceptors (Lipinski definition) is 5. The van der Waals surface area contributed by atoms with Gasteiger partial charge in [0.25, 0.3) is 5.91 Å². The van der Waals surface area contributed by atoms with Gasteiger partial charge in [0.15, 0.2) is 5.65 Å². The average molecular weight is 567 g/mol. The Hall–Kier alpha value is -4.04. The highest BCUT2D eigenvalue weighted by Gasteiger charge is 2.27. The van der Waals surface area contributed by atoms with E-state index < -0.39 is 0 Å². The van der Waals surface area contributed by atoms with Crippen LogP contribution in [0, 0.1) is 0 Å². The van der Waals surface area contributed by atoms with Crippen LogP contribution in [0.5, 0.6) is 0 Å². The SMILES string of the molecule is O=C(c1ccccc1-c1ccccc1)N1CCC(c2cc(NCc3cccnc3)n3ncc(Br)c3n2)CC1. The molecule has 190 valence electrons. The van der Waals surface area contributed by atoms with Crippen molar-refractivity contribution in [2.24, 2.45) is 0 Å². The Morgan fingerprint density at radius 2 is 1.76 bits per heavy atom. The van der Waals surface area contributed by atoms with E-state index in [1.807, 2.05) is 70.2 Å². The van der Waals surface area contributed by atoms with Crippen molar-refractivity contribution in [2.75, 3.05) is 18.4 Å². The molecule has 0 saturated carbocycles. The Bertz CT molecular complexity index is 1560. The van der Waals surface area contributed by atoms with E-state index in [2.05, 4.69) is 49.5 Å². The van der Waals surface area contributed by atoms with Crippen molar-refractivity contribution in [2.45, 2.75) is 25.3 Å². The van der Waals surface area contributed by atoms with Gasteiger partial charge >= 0.3 is 0 Å². The van der Waals surface area contributed by atoms with Crippen LogP contribution < -0.4 is 5.32 Å². The lowest BCUT2D eigenvalue weighted by Gasteiger charge is -2.32. The quantitative estimate of drug-likeness (QED) is 0.265. The zero-order valence-electron chi connectivity index (χ0n) is 20.8. The summed E-state index contributed by atoms with van der Waals surface area (Å²) in [7, 11) is 0. The highest BCUT2D eigenvalue weighted by atomic mass is 79.9. The number of piperidine rings is 1. The zero-order chi connectivity index (χ0) is 25.9. The van der Waals surface area contributed by atoms with Crippen LogP contribution in [-0.2, 0) is 6.54 Å². The number of nitrogens with one attached hydrogen (secondary N) is 1. The predicted octanol–water partition coefficient (Wildman–Crippen LogP) is 6.19. The summed E-state index contributed by atoms with van der Waals surface area (Å²) >= 11 is 3.60. The zero-order valence-corrected chi connectivity index (χ0v) is 22.4. The summed E-state index contributed by atoms with van der Waals surface area (Å²) in [6.45, 7) is 2.02. The number of benzene rings is 2. The Labute approximate surface area is 229 Å². The summed E-state index contributed by atoms with van der Waals surface area (Å²) < 4.78 is 2.68. The molecule has 3 aromatic heterocycles. The fraction of sp³-hybridized carbons (Fsp3) is 0.200. The summed E-state index contributed by atoms with van der Waals surface area (Å²) in [6, 6.07) is 24.1. The molecule has 1 amide bonds. The molecule has 1 aliphatic heterocycles. The fourth-order valence-corrected chi connectivity index (χ4v) is 5.42. The molecule has 1 aliphatic rings. The van der Waals surface area contributed by atoms with Gasteiger partial charge in [0.2, 0.25) is 0 Å². The number of carbonyl (C=O) groups is 1. The van der Waals surface area contributed by atoms with Crippen LogP contribution in [0.4, 0.5) is 5.82 Å². The molecule has 1 fully saturated rings. The summed E-state index contributed by atoms with van der Waals surface area (Å²) in [5, 5.41) is 8.00. The van der Waals surface area contributed by atoms with E-state index in [-0.39, 0.29) is 11.8 Å². The highest BCUT2D eigenvalue weighted by molar-refractivity contribution is 9.10. The van der Waals surface area contributed by atoms with Crippen molar-refractivity contribution in [1.82, 2.24) is 24.5 Å². The number of halogens is 1. The fourth-order valence-electron chi connectivity index (χ4n) is 5.07. The predicted molar refractivity (Wildman–Crippen MR) is 152 cm³/mol. The van der Waals surface area contributed by atoms with Gasteiger partial charge in [0, 0.05) is 55.3 Å². The van der Waals surface area contributed by atoms with Gasteiger partial charge in [-0.2, -0.15) is 9.61 Å². The number of likely N-dealkylation sites (tertiary alicyclic amines) is 1. The van der Waals surface area contributed by atoms with E-state index in [1.165, 1.54) is 0 Å². The lowest BCUT2D eigenvalue weighted by Crippen LogP contribution is -2.38. The van der Waals surface area contributed by atoms with Gasteiger partial charge in [0.1, 0.15) is 5.82 Å². The van der Waals surface area contributed by atoms with E-state index in [4.69, 9.17) is 4.98 Å². The standard InChI is InChI=1S/C30H27BrN6O/c31-26-20-34-37-28(33-19-21-7-6-14-32-18-21)17-27(35-29(26)37)23-12-15-36(16-13-23)30(38)25-11-5-4-10-24(25)22-8-2-1-3-9-22/h1-11,14,17-18,20,23,33H,12-13,15-16,19H2. The van der Waals surface area contributed by atoms with Crippen LogP contribution >= 0.6 is 15.9 Å². The third-order valence-electron chi connectivity index (χ3n) is 7.09. The van der Waals surface area contributed by atoms with Crippen molar-refractivity contribution in [1.29, 1.82) is 0 Å². The van der Waals surface area contributed by atoms with Crippen LogP contribution in [-0.4, -0.2) is 43.5 Å². The second kappa shape index (κ2) is 10.8. The minimum Gasteiger partial charge on any atom is -0.366 e. The van der Waals surface area contributed by atoms with Crippen LogP contribution in [0.25, 0.3) is 16.8 Å². The Balaban J connectivity index is 1.20. The number of pyridine rings is 1. The largest absolute Gasteiger partial charge is 0.366 e. The molecule has 0 radical (unpaired) electrons. The number of anilines is 1. The maximum atomic E-state index is 13.6. The summed E-state index contributed by atoms with van der Waals surface area (Å²) in [6.07, 6.45) is 7.11. The number of aromatic nitrogens is 4.